The minimum absolute atomic E-state index is 0.238. The lowest BCUT2D eigenvalue weighted by atomic mass is 10.1. The van der Waals surface area contributed by atoms with Gasteiger partial charge in [0.2, 0.25) is 5.75 Å². The Morgan fingerprint density at radius 3 is 2.88 bits per heavy atom. The summed E-state index contributed by atoms with van der Waals surface area (Å²) in [6, 6.07) is 0.396. The first-order valence-electron chi connectivity index (χ1n) is 5.37. The number of hydrogen-bond donors (Lipinski definition) is 2. The molecule has 6 heteroatoms. The van der Waals surface area contributed by atoms with Crippen molar-refractivity contribution in [3.63, 3.8) is 0 Å². The van der Waals surface area contributed by atoms with E-state index in [1.54, 1.807) is 0 Å². The monoisotopic (exact) mass is 224 g/mol. The molecule has 1 fully saturated rings. The fourth-order valence-electron chi connectivity index (χ4n) is 1.84. The second kappa shape index (κ2) is 4.52. The van der Waals surface area contributed by atoms with Crippen molar-refractivity contribution in [1.82, 2.24) is 15.3 Å². The number of aromatic nitrogens is 2. The van der Waals surface area contributed by atoms with Crippen LogP contribution in [0.2, 0.25) is 0 Å². The van der Waals surface area contributed by atoms with Crippen LogP contribution in [-0.2, 0) is 0 Å². The summed E-state index contributed by atoms with van der Waals surface area (Å²) in [4.78, 5) is 20.4. The molecule has 0 radical (unpaired) electrons. The zero-order valence-corrected chi connectivity index (χ0v) is 9.49. The lowest BCUT2D eigenvalue weighted by Crippen LogP contribution is -2.57. The molecule has 0 aromatic carbocycles. The number of likely N-dealkylation sites (N-methyl/N-ethyl adjacent to an activating group) is 1. The van der Waals surface area contributed by atoms with Crippen LogP contribution in [0.25, 0.3) is 0 Å². The molecular formula is C10H16N4O2. The van der Waals surface area contributed by atoms with E-state index in [0.717, 1.165) is 19.6 Å². The first kappa shape index (κ1) is 10.9. The highest BCUT2D eigenvalue weighted by Crippen LogP contribution is 2.23. The van der Waals surface area contributed by atoms with E-state index in [1.807, 2.05) is 6.92 Å². The average Bonchev–Trinajstić information content (AvgIpc) is 2.22. The number of rotatable bonds is 4. The Morgan fingerprint density at radius 2 is 2.38 bits per heavy atom. The van der Waals surface area contributed by atoms with Crippen molar-refractivity contribution in [3.8, 4) is 5.75 Å². The van der Waals surface area contributed by atoms with Crippen molar-refractivity contribution in [3.05, 3.63) is 16.7 Å². The van der Waals surface area contributed by atoms with Crippen molar-refractivity contribution >= 4 is 5.82 Å². The van der Waals surface area contributed by atoms with Crippen LogP contribution in [0.5, 0.6) is 5.75 Å². The van der Waals surface area contributed by atoms with E-state index >= 15 is 0 Å². The van der Waals surface area contributed by atoms with E-state index in [4.69, 9.17) is 4.74 Å². The van der Waals surface area contributed by atoms with Gasteiger partial charge in [0, 0.05) is 19.6 Å². The van der Waals surface area contributed by atoms with Gasteiger partial charge >= 0.3 is 0 Å². The maximum Gasteiger partial charge on any atom is 0.295 e. The van der Waals surface area contributed by atoms with E-state index in [0.29, 0.717) is 11.9 Å². The van der Waals surface area contributed by atoms with Crippen LogP contribution >= 0.6 is 0 Å². The summed E-state index contributed by atoms with van der Waals surface area (Å²) in [6.07, 6.45) is 1.41. The predicted octanol–water partition coefficient (Wildman–Crippen LogP) is -0.423. The summed E-state index contributed by atoms with van der Waals surface area (Å²) in [5, 5.41) is 3.20. The molecule has 0 atom stereocenters. The van der Waals surface area contributed by atoms with Gasteiger partial charge in [-0.05, 0) is 6.92 Å². The Kier molecular flexibility index (Phi) is 3.09. The number of nitrogens with zero attached hydrogens (tertiary/aromatic N) is 2. The number of anilines is 1. The van der Waals surface area contributed by atoms with E-state index in [1.165, 1.54) is 13.4 Å². The average molecular weight is 224 g/mol. The van der Waals surface area contributed by atoms with Crippen LogP contribution in [0.15, 0.2) is 11.1 Å². The van der Waals surface area contributed by atoms with Crippen molar-refractivity contribution in [1.29, 1.82) is 0 Å². The first-order chi connectivity index (χ1) is 7.77. The highest BCUT2D eigenvalue weighted by Gasteiger charge is 2.27. The summed E-state index contributed by atoms with van der Waals surface area (Å²) >= 11 is 0. The highest BCUT2D eigenvalue weighted by molar-refractivity contribution is 5.52. The van der Waals surface area contributed by atoms with Gasteiger partial charge in [0.05, 0.1) is 19.5 Å². The van der Waals surface area contributed by atoms with Gasteiger partial charge in [-0.25, -0.2) is 4.98 Å². The molecule has 1 aromatic rings. The Balaban J connectivity index is 2.36. The normalized spacial score (nSPS) is 15.6. The number of ether oxygens (including phenoxy) is 1. The Morgan fingerprint density at radius 1 is 1.62 bits per heavy atom. The number of H-pyrrole nitrogens is 1. The number of nitrogens with one attached hydrogen (secondary N) is 2. The van der Waals surface area contributed by atoms with Gasteiger partial charge in [-0.3, -0.25) is 4.79 Å². The third kappa shape index (κ3) is 1.76. The van der Waals surface area contributed by atoms with Crippen LogP contribution < -0.4 is 20.5 Å². The third-order valence-electron chi connectivity index (χ3n) is 2.81. The second-order valence-corrected chi connectivity index (χ2v) is 3.69. The first-order valence-corrected chi connectivity index (χ1v) is 5.37. The minimum Gasteiger partial charge on any atom is -0.489 e. The SMILES string of the molecule is CCN(c1nc[nH]c(=O)c1OC)C1CNC1. The van der Waals surface area contributed by atoms with E-state index in [-0.39, 0.29) is 11.3 Å². The third-order valence-corrected chi connectivity index (χ3v) is 2.81. The summed E-state index contributed by atoms with van der Waals surface area (Å²) in [5.41, 5.74) is -0.238. The molecule has 2 N–H and O–H groups in total. The van der Waals surface area contributed by atoms with E-state index in [2.05, 4.69) is 20.2 Å². The Labute approximate surface area is 93.6 Å². The molecule has 1 aliphatic rings. The van der Waals surface area contributed by atoms with Gasteiger partial charge in [0.15, 0.2) is 5.82 Å². The van der Waals surface area contributed by atoms with Gasteiger partial charge in [-0.1, -0.05) is 0 Å². The zero-order valence-electron chi connectivity index (χ0n) is 9.49. The Hall–Kier alpha value is -1.56. The molecule has 16 heavy (non-hydrogen) atoms. The van der Waals surface area contributed by atoms with Gasteiger partial charge in [-0.2, -0.15) is 0 Å². The molecule has 0 unspecified atom stereocenters. The molecule has 0 amide bonds. The van der Waals surface area contributed by atoms with Crippen LogP contribution in [-0.4, -0.2) is 42.8 Å². The van der Waals surface area contributed by atoms with E-state index in [9.17, 15) is 4.79 Å². The summed E-state index contributed by atoms with van der Waals surface area (Å²) in [7, 11) is 1.49. The lowest BCUT2D eigenvalue weighted by Gasteiger charge is -2.38. The van der Waals surface area contributed by atoms with Gasteiger partial charge in [-0.15, -0.1) is 0 Å². The second-order valence-electron chi connectivity index (χ2n) is 3.69. The molecule has 6 nitrogen and oxygen atoms in total. The summed E-state index contributed by atoms with van der Waals surface area (Å²) in [5.74, 6) is 0.913. The topological polar surface area (TPSA) is 70.2 Å². The van der Waals surface area contributed by atoms with Crippen LogP contribution in [0, 0.1) is 0 Å². The van der Waals surface area contributed by atoms with Gasteiger partial charge < -0.3 is 19.9 Å². The Bertz CT molecular complexity index is 414. The molecule has 0 saturated carbocycles. The molecular weight excluding hydrogens is 208 g/mol. The predicted molar refractivity (Wildman–Crippen MR) is 61.1 cm³/mol. The van der Waals surface area contributed by atoms with Crippen LogP contribution in [0.3, 0.4) is 0 Å². The zero-order chi connectivity index (χ0) is 11.5. The van der Waals surface area contributed by atoms with Gasteiger partial charge in [0.25, 0.3) is 5.56 Å². The van der Waals surface area contributed by atoms with Crippen LogP contribution in [0.1, 0.15) is 6.92 Å². The van der Waals surface area contributed by atoms with Crippen molar-refractivity contribution in [2.24, 2.45) is 0 Å². The van der Waals surface area contributed by atoms with Gasteiger partial charge in [0.1, 0.15) is 0 Å². The number of methoxy groups -OCH3 is 1. The molecule has 1 aliphatic heterocycles. The fourth-order valence-corrected chi connectivity index (χ4v) is 1.84. The molecule has 1 aromatic heterocycles. The summed E-state index contributed by atoms with van der Waals surface area (Å²) in [6.45, 7) is 4.69. The molecule has 0 aliphatic carbocycles. The molecule has 88 valence electrons. The van der Waals surface area contributed by atoms with Crippen molar-refractivity contribution < 1.29 is 4.74 Å². The number of aromatic amines is 1. The maximum absolute atomic E-state index is 11.6. The maximum atomic E-state index is 11.6. The van der Waals surface area contributed by atoms with Crippen LogP contribution in [0.4, 0.5) is 5.82 Å². The molecule has 0 spiro atoms. The van der Waals surface area contributed by atoms with E-state index < -0.39 is 0 Å². The molecule has 2 rings (SSSR count). The lowest BCUT2D eigenvalue weighted by molar-refractivity contribution is 0.387. The van der Waals surface area contributed by atoms with Crippen molar-refractivity contribution in [2.75, 3.05) is 31.6 Å². The highest BCUT2D eigenvalue weighted by atomic mass is 16.5. The number of hydrogen-bond acceptors (Lipinski definition) is 5. The molecule has 1 saturated heterocycles. The largest absolute Gasteiger partial charge is 0.489 e. The standard InChI is InChI=1S/C10H16N4O2/c1-3-14(7-4-11-5-7)9-8(16-2)10(15)13-6-12-9/h6-7,11H,3-5H2,1-2H3,(H,12,13,15). The minimum atomic E-state index is -0.238. The fraction of sp³-hybridized carbons (Fsp3) is 0.600. The van der Waals surface area contributed by atoms with Crippen molar-refractivity contribution in [2.45, 2.75) is 13.0 Å². The molecule has 0 bridgehead atoms. The molecule has 2 heterocycles. The smallest absolute Gasteiger partial charge is 0.295 e. The summed E-state index contributed by atoms with van der Waals surface area (Å²) < 4.78 is 5.11. The quantitative estimate of drug-likeness (QED) is 0.726.